The summed E-state index contributed by atoms with van der Waals surface area (Å²) in [6.45, 7) is 7.43. The smallest absolute Gasteiger partial charge is 0.242 e. The lowest BCUT2D eigenvalue weighted by atomic mass is 10.3. The Bertz CT molecular complexity index is 474. The third kappa shape index (κ3) is 4.56. The number of anilines is 1. The molecule has 0 saturated carbocycles. The van der Waals surface area contributed by atoms with Gasteiger partial charge in [0.1, 0.15) is 12.1 Å². The molecular weight excluding hydrogens is 270 g/mol. The number of rotatable bonds is 5. The molecule has 7 nitrogen and oxygen atoms in total. The van der Waals surface area contributed by atoms with Crippen molar-refractivity contribution in [3.05, 3.63) is 12.4 Å². The fraction of sp³-hybridized carbons (Fsp3) is 0.643. The molecule has 7 heteroatoms. The van der Waals surface area contributed by atoms with Gasteiger partial charge < -0.3 is 19.9 Å². The summed E-state index contributed by atoms with van der Waals surface area (Å²) in [5, 5.41) is 3.24. The van der Waals surface area contributed by atoms with Crippen LogP contribution >= 0.6 is 0 Å². The minimum Gasteiger partial charge on any atom is -0.475 e. The maximum Gasteiger partial charge on any atom is 0.242 e. The van der Waals surface area contributed by atoms with Crippen LogP contribution in [0.4, 0.5) is 5.82 Å². The number of nitrogens with one attached hydrogen (secondary N) is 1. The van der Waals surface area contributed by atoms with Crippen molar-refractivity contribution in [2.75, 3.05) is 44.7 Å². The number of hydrogen-bond donors (Lipinski definition) is 1. The van der Waals surface area contributed by atoms with Crippen LogP contribution in [0.15, 0.2) is 12.4 Å². The number of aromatic nitrogens is 2. The van der Waals surface area contributed by atoms with E-state index < -0.39 is 0 Å². The van der Waals surface area contributed by atoms with Gasteiger partial charge in [-0.05, 0) is 13.8 Å². The molecule has 0 unspecified atom stereocenters. The highest BCUT2D eigenvalue weighted by Gasteiger charge is 2.18. The molecule has 1 saturated heterocycles. The van der Waals surface area contributed by atoms with Gasteiger partial charge in [0.15, 0.2) is 0 Å². The van der Waals surface area contributed by atoms with Gasteiger partial charge >= 0.3 is 0 Å². The van der Waals surface area contributed by atoms with Crippen molar-refractivity contribution < 1.29 is 9.53 Å². The molecule has 1 fully saturated rings. The quantitative estimate of drug-likeness (QED) is 0.832. The zero-order chi connectivity index (χ0) is 15.2. The van der Waals surface area contributed by atoms with Crippen LogP contribution in [-0.2, 0) is 4.79 Å². The molecule has 2 rings (SSSR count). The summed E-state index contributed by atoms with van der Waals surface area (Å²) < 4.78 is 5.54. The molecule has 0 bridgehead atoms. The standard InChI is InChI=1S/C14H23N5O2/c1-11(2)21-13-8-12(16-10-17-13)18(3)9-14(20)19-6-4-15-5-7-19/h8,10-11,15H,4-7,9H2,1-3H3. The van der Waals surface area contributed by atoms with Crippen LogP contribution in [0.1, 0.15) is 13.8 Å². The molecule has 1 aliphatic rings. The molecule has 0 aliphatic carbocycles. The molecule has 1 aliphatic heterocycles. The molecule has 116 valence electrons. The van der Waals surface area contributed by atoms with Gasteiger partial charge in [-0.15, -0.1) is 0 Å². The SMILES string of the molecule is CC(C)Oc1cc(N(C)CC(=O)N2CCNCC2)ncn1. The monoisotopic (exact) mass is 293 g/mol. The van der Waals surface area contributed by atoms with Gasteiger partial charge in [-0.25, -0.2) is 9.97 Å². The summed E-state index contributed by atoms with van der Waals surface area (Å²) in [5.41, 5.74) is 0. The maximum atomic E-state index is 12.2. The van der Waals surface area contributed by atoms with Gasteiger partial charge in [-0.1, -0.05) is 0 Å². The molecule has 0 spiro atoms. The largest absolute Gasteiger partial charge is 0.475 e. The van der Waals surface area contributed by atoms with E-state index in [1.54, 1.807) is 6.07 Å². The highest BCUT2D eigenvalue weighted by atomic mass is 16.5. The number of carbonyl (C=O) groups is 1. The summed E-state index contributed by atoms with van der Waals surface area (Å²) in [6.07, 6.45) is 1.51. The normalized spacial score (nSPS) is 15.1. The van der Waals surface area contributed by atoms with E-state index in [9.17, 15) is 4.79 Å². The number of nitrogens with zero attached hydrogens (tertiary/aromatic N) is 4. The number of likely N-dealkylation sites (N-methyl/N-ethyl adjacent to an activating group) is 1. The summed E-state index contributed by atoms with van der Waals surface area (Å²) in [5.74, 6) is 1.32. The molecule has 0 radical (unpaired) electrons. The highest BCUT2D eigenvalue weighted by Crippen LogP contribution is 2.15. The van der Waals surface area contributed by atoms with E-state index in [2.05, 4.69) is 15.3 Å². The van der Waals surface area contributed by atoms with Gasteiger partial charge in [0.05, 0.1) is 12.6 Å². The average molecular weight is 293 g/mol. The molecule has 1 amide bonds. The van der Waals surface area contributed by atoms with Crippen molar-refractivity contribution in [1.82, 2.24) is 20.2 Å². The van der Waals surface area contributed by atoms with Crippen LogP contribution in [0.25, 0.3) is 0 Å². The van der Waals surface area contributed by atoms with E-state index in [-0.39, 0.29) is 12.0 Å². The molecule has 21 heavy (non-hydrogen) atoms. The van der Waals surface area contributed by atoms with Crippen molar-refractivity contribution in [3.8, 4) is 5.88 Å². The lowest BCUT2D eigenvalue weighted by Crippen LogP contribution is -2.49. The van der Waals surface area contributed by atoms with E-state index in [1.807, 2.05) is 30.7 Å². The predicted octanol–water partition coefficient (Wildman–Crippen LogP) is 0.132. The second-order valence-electron chi connectivity index (χ2n) is 5.37. The summed E-state index contributed by atoms with van der Waals surface area (Å²) in [4.78, 5) is 24.2. The molecule has 2 heterocycles. The minimum atomic E-state index is 0.0561. The molecule has 1 aromatic heterocycles. The number of piperazine rings is 1. The van der Waals surface area contributed by atoms with Crippen LogP contribution in [0, 0.1) is 0 Å². The maximum absolute atomic E-state index is 12.2. The predicted molar refractivity (Wildman–Crippen MR) is 80.5 cm³/mol. The van der Waals surface area contributed by atoms with Crippen molar-refractivity contribution >= 4 is 11.7 Å². The molecule has 0 atom stereocenters. The Morgan fingerprint density at radius 1 is 1.43 bits per heavy atom. The Labute approximate surface area is 125 Å². The molecule has 0 aromatic carbocycles. The fourth-order valence-corrected chi connectivity index (χ4v) is 2.14. The fourth-order valence-electron chi connectivity index (χ4n) is 2.14. The third-order valence-electron chi connectivity index (χ3n) is 3.22. The number of carbonyl (C=O) groups excluding carboxylic acids is 1. The van der Waals surface area contributed by atoms with Crippen LogP contribution in [0.5, 0.6) is 5.88 Å². The van der Waals surface area contributed by atoms with Crippen LogP contribution in [0.3, 0.4) is 0 Å². The number of ether oxygens (including phenoxy) is 1. The Morgan fingerprint density at radius 2 is 2.14 bits per heavy atom. The Kier molecular flexibility index (Phi) is 5.32. The molecule has 1 N–H and O–H groups in total. The first-order chi connectivity index (χ1) is 10.1. The average Bonchev–Trinajstić information content (AvgIpc) is 2.47. The molecular formula is C14H23N5O2. The Morgan fingerprint density at radius 3 is 2.81 bits per heavy atom. The van der Waals surface area contributed by atoms with Gasteiger partial charge in [-0.2, -0.15) is 0 Å². The van der Waals surface area contributed by atoms with E-state index in [1.165, 1.54) is 6.33 Å². The number of hydrogen-bond acceptors (Lipinski definition) is 6. The van der Waals surface area contributed by atoms with Crippen molar-refractivity contribution in [2.24, 2.45) is 0 Å². The van der Waals surface area contributed by atoms with Gasteiger partial charge in [0.2, 0.25) is 11.8 Å². The summed E-state index contributed by atoms with van der Waals surface area (Å²) >= 11 is 0. The van der Waals surface area contributed by atoms with Gasteiger partial charge in [-0.3, -0.25) is 4.79 Å². The van der Waals surface area contributed by atoms with Crippen LogP contribution in [0.2, 0.25) is 0 Å². The highest BCUT2D eigenvalue weighted by molar-refractivity contribution is 5.81. The zero-order valence-corrected chi connectivity index (χ0v) is 12.9. The van der Waals surface area contributed by atoms with Gasteiger partial charge in [0, 0.05) is 39.3 Å². The lowest BCUT2D eigenvalue weighted by molar-refractivity contribution is -0.130. The minimum absolute atomic E-state index is 0.0561. The summed E-state index contributed by atoms with van der Waals surface area (Å²) in [6, 6.07) is 1.75. The van der Waals surface area contributed by atoms with Crippen molar-refractivity contribution in [3.63, 3.8) is 0 Å². The van der Waals surface area contributed by atoms with E-state index in [0.717, 1.165) is 26.2 Å². The van der Waals surface area contributed by atoms with Gasteiger partial charge in [0.25, 0.3) is 0 Å². The van der Waals surface area contributed by atoms with Crippen molar-refractivity contribution in [1.29, 1.82) is 0 Å². The zero-order valence-electron chi connectivity index (χ0n) is 12.9. The van der Waals surface area contributed by atoms with Crippen molar-refractivity contribution in [2.45, 2.75) is 20.0 Å². The first-order valence-corrected chi connectivity index (χ1v) is 7.24. The second kappa shape index (κ2) is 7.21. The molecule has 1 aromatic rings. The Balaban J connectivity index is 1.95. The first-order valence-electron chi connectivity index (χ1n) is 7.24. The van der Waals surface area contributed by atoms with Crippen LogP contribution < -0.4 is 15.0 Å². The summed E-state index contributed by atoms with van der Waals surface area (Å²) in [7, 11) is 1.85. The van der Waals surface area contributed by atoms with Crippen LogP contribution in [-0.4, -0.2) is 66.7 Å². The van der Waals surface area contributed by atoms with E-state index in [4.69, 9.17) is 4.74 Å². The third-order valence-corrected chi connectivity index (χ3v) is 3.22. The second-order valence-corrected chi connectivity index (χ2v) is 5.37. The lowest BCUT2D eigenvalue weighted by Gasteiger charge is -2.29. The number of amides is 1. The first kappa shape index (κ1) is 15.5. The van der Waals surface area contributed by atoms with E-state index in [0.29, 0.717) is 18.2 Å². The topological polar surface area (TPSA) is 70.6 Å². The Hall–Kier alpha value is -1.89. The van der Waals surface area contributed by atoms with E-state index >= 15 is 0 Å².